The molecule has 1 saturated heterocycles. The summed E-state index contributed by atoms with van der Waals surface area (Å²) in [7, 11) is 1.35. The van der Waals surface area contributed by atoms with E-state index in [2.05, 4.69) is 0 Å². The van der Waals surface area contributed by atoms with Crippen molar-refractivity contribution in [1.82, 2.24) is 4.90 Å². The first-order valence-electron chi connectivity index (χ1n) is 8.43. The second-order valence-electron chi connectivity index (χ2n) is 6.43. The molecular formula is C20H20FNO4. The Balaban J connectivity index is 1.66. The highest BCUT2D eigenvalue weighted by molar-refractivity contribution is 5.97. The molecule has 26 heavy (non-hydrogen) atoms. The molecule has 2 aromatic carbocycles. The van der Waals surface area contributed by atoms with Crippen molar-refractivity contribution in [3.8, 4) is 5.75 Å². The lowest BCUT2D eigenvalue weighted by atomic mass is 9.98. The molecule has 5 nitrogen and oxygen atoms in total. The van der Waals surface area contributed by atoms with Crippen LogP contribution in [0.5, 0.6) is 5.75 Å². The Labute approximate surface area is 151 Å². The van der Waals surface area contributed by atoms with Crippen LogP contribution in [0.25, 0.3) is 0 Å². The Bertz CT molecular complexity index is 819. The number of ether oxygens (including phenoxy) is 1. The normalized spacial score (nSPS) is 16.5. The van der Waals surface area contributed by atoms with E-state index in [9.17, 15) is 14.0 Å². The summed E-state index contributed by atoms with van der Waals surface area (Å²) < 4.78 is 18.9. The molecule has 1 N–H and O–H groups in total. The molecule has 1 amide bonds. The number of hydrogen-bond acceptors (Lipinski definition) is 3. The Morgan fingerprint density at radius 1 is 1.23 bits per heavy atom. The molecule has 0 unspecified atom stereocenters. The monoisotopic (exact) mass is 357 g/mol. The molecule has 0 saturated carbocycles. The zero-order valence-electron chi connectivity index (χ0n) is 14.4. The van der Waals surface area contributed by atoms with Crippen LogP contribution < -0.4 is 4.74 Å². The van der Waals surface area contributed by atoms with Gasteiger partial charge in [-0.3, -0.25) is 4.79 Å². The summed E-state index contributed by atoms with van der Waals surface area (Å²) in [4.78, 5) is 25.3. The van der Waals surface area contributed by atoms with E-state index < -0.39 is 11.8 Å². The first-order valence-corrected chi connectivity index (χ1v) is 8.43. The SMILES string of the molecule is COc1c(F)cccc1C(=O)N1CC[C@@H](Cc2ccc(C(=O)O)cc2)C1. The van der Waals surface area contributed by atoms with Gasteiger partial charge in [-0.25, -0.2) is 9.18 Å². The number of rotatable bonds is 5. The third-order valence-electron chi connectivity index (χ3n) is 4.70. The summed E-state index contributed by atoms with van der Waals surface area (Å²) in [5.74, 6) is -1.46. The van der Waals surface area contributed by atoms with Crippen LogP contribution in [0.1, 0.15) is 32.7 Å². The van der Waals surface area contributed by atoms with Crippen LogP contribution in [0, 0.1) is 11.7 Å². The fraction of sp³-hybridized carbons (Fsp3) is 0.300. The predicted octanol–water partition coefficient (Wildman–Crippen LogP) is 3.24. The van der Waals surface area contributed by atoms with Crippen LogP contribution in [0.2, 0.25) is 0 Å². The number of likely N-dealkylation sites (tertiary alicyclic amines) is 1. The van der Waals surface area contributed by atoms with E-state index in [0.29, 0.717) is 13.1 Å². The third-order valence-corrected chi connectivity index (χ3v) is 4.70. The smallest absolute Gasteiger partial charge is 0.335 e. The highest BCUT2D eigenvalue weighted by Gasteiger charge is 2.29. The van der Waals surface area contributed by atoms with Gasteiger partial charge in [-0.15, -0.1) is 0 Å². The lowest BCUT2D eigenvalue weighted by Crippen LogP contribution is -2.29. The number of amides is 1. The minimum atomic E-state index is -0.946. The van der Waals surface area contributed by atoms with Crippen LogP contribution >= 0.6 is 0 Å². The van der Waals surface area contributed by atoms with Crippen LogP contribution in [-0.2, 0) is 6.42 Å². The quantitative estimate of drug-likeness (QED) is 0.892. The van der Waals surface area contributed by atoms with Gasteiger partial charge in [0, 0.05) is 13.1 Å². The molecule has 2 aromatic rings. The maximum Gasteiger partial charge on any atom is 0.335 e. The first-order chi connectivity index (χ1) is 12.5. The minimum absolute atomic E-state index is 0.0230. The molecule has 1 heterocycles. The maximum absolute atomic E-state index is 13.8. The number of carbonyl (C=O) groups is 2. The van der Waals surface area contributed by atoms with Gasteiger partial charge >= 0.3 is 5.97 Å². The van der Waals surface area contributed by atoms with E-state index in [-0.39, 0.29) is 28.7 Å². The van der Waals surface area contributed by atoms with Gasteiger partial charge in [0.15, 0.2) is 11.6 Å². The molecule has 136 valence electrons. The number of aromatic carboxylic acids is 1. The van der Waals surface area contributed by atoms with Gasteiger partial charge in [0.2, 0.25) is 0 Å². The van der Waals surface area contributed by atoms with Crippen LogP contribution in [0.3, 0.4) is 0 Å². The molecule has 1 aliphatic rings. The number of benzene rings is 2. The van der Waals surface area contributed by atoms with E-state index in [1.807, 2.05) is 12.1 Å². The van der Waals surface area contributed by atoms with Crippen LogP contribution in [0.15, 0.2) is 42.5 Å². The summed E-state index contributed by atoms with van der Waals surface area (Å²) in [6, 6.07) is 11.1. The van der Waals surface area contributed by atoms with Gasteiger partial charge in [0.1, 0.15) is 0 Å². The molecule has 0 aliphatic carbocycles. The van der Waals surface area contributed by atoms with Crippen molar-refractivity contribution in [1.29, 1.82) is 0 Å². The molecular weight excluding hydrogens is 337 g/mol. The topological polar surface area (TPSA) is 66.8 Å². The zero-order chi connectivity index (χ0) is 18.7. The molecule has 0 radical (unpaired) electrons. The number of carboxylic acid groups (broad SMARTS) is 1. The summed E-state index contributed by atoms with van der Waals surface area (Å²) in [6.45, 7) is 1.19. The highest BCUT2D eigenvalue weighted by Crippen LogP contribution is 2.27. The Hall–Kier alpha value is -2.89. The highest BCUT2D eigenvalue weighted by atomic mass is 19.1. The van der Waals surface area contributed by atoms with Gasteiger partial charge in [-0.1, -0.05) is 18.2 Å². The summed E-state index contributed by atoms with van der Waals surface area (Å²) in [5, 5.41) is 8.95. The summed E-state index contributed by atoms with van der Waals surface area (Å²) >= 11 is 0. The molecule has 0 spiro atoms. The number of para-hydroxylation sites is 1. The minimum Gasteiger partial charge on any atom is -0.493 e. The molecule has 0 aromatic heterocycles. The Morgan fingerprint density at radius 2 is 1.96 bits per heavy atom. The molecule has 3 rings (SSSR count). The Morgan fingerprint density at radius 3 is 2.62 bits per heavy atom. The second-order valence-corrected chi connectivity index (χ2v) is 6.43. The molecule has 6 heteroatoms. The Kier molecular flexibility index (Phi) is 5.21. The number of carboxylic acids is 1. The van der Waals surface area contributed by atoms with Crippen molar-refractivity contribution in [2.75, 3.05) is 20.2 Å². The average molecular weight is 357 g/mol. The van der Waals surface area contributed by atoms with Crippen molar-refractivity contribution in [3.63, 3.8) is 0 Å². The first kappa shape index (κ1) is 17.9. The molecule has 1 aliphatic heterocycles. The van der Waals surface area contributed by atoms with Gasteiger partial charge in [-0.05, 0) is 48.6 Å². The lowest BCUT2D eigenvalue weighted by molar-refractivity contribution is 0.0696. The number of halogens is 1. The van der Waals surface area contributed by atoms with E-state index in [4.69, 9.17) is 9.84 Å². The average Bonchev–Trinajstić information content (AvgIpc) is 3.09. The lowest BCUT2D eigenvalue weighted by Gasteiger charge is -2.18. The maximum atomic E-state index is 13.8. The summed E-state index contributed by atoms with van der Waals surface area (Å²) in [5.41, 5.74) is 1.53. The van der Waals surface area contributed by atoms with E-state index in [1.54, 1.807) is 23.1 Å². The van der Waals surface area contributed by atoms with Gasteiger partial charge in [-0.2, -0.15) is 0 Å². The molecule has 1 fully saturated rings. The van der Waals surface area contributed by atoms with E-state index in [0.717, 1.165) is 18.4 Å². The number of hydrogen-bond donors (Lipinski definition) is 1. The van der Waals surface area contributed by atoms with E-state index in [1.165, 1.54) is 19.2 Å². The predicted molar refractivity (Wildman–Crippen MR) is 94.1 cm³/mol. The van der Waals surface area contributed by atoms with Gasteiger partial charge in [0.25, 0.3) is 5.91 Å². The largest absolute Gasteiger partial charge is 0.493 e. The zero-order valence-corrected chi connectivity index (χ0v) is 14.4. The molecule has 1 atom stereocenters. The van der Waals surface area contributed by atoms with Crippen LogP contribution in [0.4, 0.5) is 4.39 Å². The fourth-order valence-corrected chi connectivity index (χ4v) is 3.36. The second kappa shape index (κ2) is 7.56. The third kappa shape index (κ3) is 3.69. The number of carbonyl (C=O) groups excluding carboxylic acids is 1. The van der Waals surface area contributed by atoms with Crippen molar-refractivity contribution < 1.29 is 23.8 Å². The van der Waals surface area contributed by atoms with Crippen molar-refractivity contribution in [3.05, 3.63) is 65.0 Å². The molecule has 0 bridgehead atoms. The van der Waals surface area contributed by atoms with Gasteiger partial charge < -0.3 is 14.7 Å². The van der Waals surface area contributed by atoms with Crippen molar-refractivity contribution in [2.24, 2.45) is 5.92 Å². The number of methoxy groups -OCH3 is 1. The standard InChI is InChI=1S/C20H20FNO4/c1-26-18-16(3-2-4-17(18)21)19(23)22-10-9-14(12-22)11-13-5-7-15(8-6-13)20(24)25/h2-8,14H,9-12H2,1H3,(H,24,25)/t14-/m0/s1. The van der Waals surface area contributed by atoms with Crippen molar-refractivity contribution >= 4 is 11.9 Å². The number of nitrogens with zero attached hydrogens (tertiary/aromatic N) is 1. The fourth-order valence-electron chi connectivity index (χ4n) is 3.36. The van der Waals surface area contributed by atoms with Gasteiger partial charge in [0.05, 0.1) is 18.2 Å². The summed E-state index contributed by atoms with van der Waals surface area (Å²) in [6.07, 6.45) is 1.62. The van der Waals surface area contributed by atoms with E-state index >= 15 is 0 Å². The van der Waals surface area contributed by atoms with Crippen LogP contribution in [-0.4, -0.2) is 42.1 Å². The van der Waals surface area contributed by atoms with Crippen molar-refractivity contribution in [2.45, 2.75) is 12.8 Å².